The fourth-order valence-corrected chi connectivity index (χ4v) is 2.38. The van der Waals surface area contributed by atoms with Gasteiger partial charge in [-0.1, -0.05) is 18.2 Å². The van der Waals surface area contributed by atoms with Crippen molar-refractivity contribution >= 4 is 34.6 Å². The summed E-state index contributed by atoms with van der Waals surface area (Å²) in [6.07, 6.45) is 0. The van der Waals surface area contributed by atoms with Gasteiger partial charge in [-0.25, -0.2) is 0 Å². The largest absolute Gasteiger partial charge is 0.326 e. The van der Waals surface area contributed by atoms with Crippen LogP contribution in [0.1, 0.15) is 13.8 Å². The third kappa shape index (κ3) is 3.77. The Morgan fingerprint density at radius 3 is 2.44 bits per heavy atom. The molecular formula is C18H17N5O2. The number of carbonyl (C=O) groups excluding carboxylic acids is 2. The third-order valence-electron chi connectivity index (χ3n) is 3.57. The molecule has 7 nitrogen and oxygen atoms in total. The Morgan fingerprint density at radius 2 is 1.80 bits per heavy atom. The Kier molecular flexibility index (Phi) is 4.65. The Morgan fingerprint density at radius 1 is 1.12 bits per heavy atom. The van der Waals surface area contributed by atoms with E-state index in [9.17, 15) is 9.59 Å². The third-order valence-corrected chi connectivity index (χ3v) is 3.57. The maximum absolute atomic E-state index is 12.6. The summed E-state index contributed by atoms with van der Waals surface area (Å²) in [5.74, 6) is -0.412. The van der Waals surface area contributed by atoms with Crippen molar-refractivity contribution in [2.24, 2.45) is 15.3 Å². The molecule has 1 atom stereocenters. The van der Waals surface area contributed by atoms with Crippen molar-refractivity contribution in [3.05, 3.63) is 54.6 Å². The number of anilines is 2. The first-order valence-corrected chi connectivity index (χ1v) is 7.77. The standard InChI is InChI=1S/C18H17N5O2/c1-12-17(21-20-15-6-4-3-5-7-15)18(25)23(22-12)16-10-8-14(9-11-16)19-13(2)24/h3-11,17H,1-2H3,(H,19,24)/t17-/m1/s1. The minimum absolute atomic E-state index is 0.153. The maximum atomic E-state index is 12.6. The van der Waals surface area contributed by atoms with Crippen LogP contribution >= 0.6 is 0 Å². The van der Waals surface area contributed by atoms with Crippen molar-refractivity contribution in [3.63, 3.8) is 0 Å². The summed E-state index contributed by atoms with van der Waals surface area (Å²) in [5.41, 5.74) is 2.52. The number of azo groups is 1. The van der Waals surface area contributed by atoms with Gasteiger partial charge in [-0.2, -0.15) is 20.3 Å². The van der Waals surface area contributed by atoms with Crippen LogP contribution in [-0.2, 0) is 9.59 Å². The number of hydrogen-bond acceptors (Lipinski definition) is 5. The fraction of sp³-hybridized carbons (Fsp3) is 0.167. The van der Waals surface area contributed by atoms with Crippen LogP contribution in [0.25, 0.3) is 0 Å². The summed E-state index contributed by atoms with van der Waals surface area (Å²) < 4.78 is 0. The number of nitrogens with zero attached hydrogens (tertiary/aromatic N) is 4. The van der Waals surface area contributed by atoms with Gasteiger partial charge in [-0.05, 0) is 43.3 Å². The highest BCUT2D eigenvalue weighted by atomic mass is 16.2. The highest BCUT2D eigenvalue weighted by Crippen LogP contribution is 2.24. The second-order valence-corrected chi connectivity index (χ2v) is 5.57. The molecule has 1 heterocycles. The number of hydrogen-bond donors (Lipinski definition) is 1. The quantitative estimate of drug-likeness (QED) is 0.867. The molecule has 0 bridgehead atoms. The normalized spacial score (nSPS) is 17.0. The Labute approximate surface area is 145 Å². The van der Waals surface area contributed by atoms with E-state index in [-0.39, 0.29) is 11.8 Å². The molecular weight excluding hydrogens is 318 g/mol. The van der Waals surface area contributed by atoms with Crippen molar-refractivity contribution in [1.29, 1.82) is 0 Å². The molecule has 0 saturated carbocycles. The molecule has 0 unspecified atom stereocenters. The van der Waals surface area contributed by atoms with Crippen LogP contribution in [-0.4, -0.2) is 23.6 Å². The molecule has 25 heavy (non-hydrogen) atoms. The van der Waals surface area contributed by atoms with Crippen LogP contribution in [0, 0.1) is 0 Å². The lowest BCUT2D eigenvalue weighted by atomic mass is 10.2. The van der Waals surface area contributed by atoms with E-state index in [1.807, 2.05) is 30.3 Å². The van der Waals surface area contributed by atoms with Crippen LogP contribution in [0.3, 0.4) is 0 Å². The molecule has 2 aromatic carbocycles. The zero-order chi connectivity index (χ0) is 17.8. The van der Waals surface area contributed by atoms with E-state index in [4.69, 9.17) is 0 Å². The molecule has 7 heteroatoms. The van der Waals surface area contributed by atoms with Gasteiger partial charge in [-0.15, -0.1) is 0 Å². The Balaban J connectivity index is 1.76. The van der Waals surface area contributed by atoms with Gasteiger partial charge in [0.15, 0.2) is 6.04 Å². The summed E-state index contributed by atoms with van der Waals surface area (Å²) in [5, 5.41) is 16.5. The average molecular weight is 335 g/mol. The number of nitrogens with one attached hydrogen (secondary N) is 1. The van der Waals surface area contributed by atoms with E-state index in [0.717, 1.165) is 0 Å². The van der Waals surface area contributed by atoms with Crippen LogP contribution in [0.4, 0.5) is 17.1 Å². The predicted octanol–water partition coefficient (Wildman–Crippen LogP) is 3.52. The lowest BCUT2D eigenvalue weighted by Crippen LogP contribution is -2.29. The van der Waals surface area contributed by atoms with Crippen molar-refractivity contribution in [1.82, 2.24) is 0 Å². The molecule has 0 saturated heterocycles. The number of carbonyl (C=O) groups is 2. The monoisotopic (exact) mass is 335 g/mol. The minimum atomic E-state index is -0.727. The molecule has 1 N–H and O–H groups in total. The highest BCUT2D eigenvalue weighted by Gasteiger charge is 2.34. The van der Waals surface area contributed by atoms with Gasteiger partial charge < -0.3 is 5.32 Å². The number of benzene rings is 2. The molecule has 0 spiro atoms. The van der Waals surface area contributed by atoms with E-state index in [1.54, 1.807) is 31.2 Å². The summed E-state index contributed by atoms with van der Waals surface area (Å²) in [7, 11) is 0. The number of amides is 2. The summed E-state index contributed by atoms with van der Waals surface area (Å²) in [6, 6.07) is 15.4. The minimum Gasteiger partial charge on any atom is -0.326 e. The topological polar surface area (TPSA) is 86.5 Å². The van der Waals surface area contributed by atoms with Gasteiger partial charge in [0.25, 0.3) is 5.91 Å². The van der Waals surface area contributed by atoms with Crippen LogP contribution in [0.5, 0.6) is 0 Å². The van der Waals surface area contributed by atoms with Crippen molar-refractivity contribution < 1.29 is 9.59 Å². The highest BCUT2D eigenvalue weighted by molar-refractivity contribution is 6.18. The molecule has 0 aliphatic carbocycles. The first kappa shape index (κ1) is 16.5. The lowest BCUT2D eigenvalue weighted by Gasteiger charge is -2.13. The summed E-state index contributed by atoms with van der Waals surface area (Å²) in [6.45, 7) is 3.19. The van der Waals surface area contributed by atoms with Gasteiger partial charge >= 0.3 is 0 Å². The van der Waals surface area contributed by atoms with E-state index in [2.05, 4.69) is 20.6 Å². The summed E-state index contributed by atoms with van der Waals surface area (Å²) >= 11 is 0. The molecule has 126 valence electrons. The van der Waals surface area contributed by atoms with E-state index < -0.39 is 6.04 Å². The van der Waals surface area contributed by atoms with Gasteiger partial charge in [0.05, 0.1) is 17.1 Å². The fourth-order valence-electron chi connectivity index (χ4n) is 2.38. The molecule has 0 radical (unpaired) electrons. The van der Waals surface area contributed by atoms with Crippen molar-refractivity contribution in [2.75, 3.05) is 10.3 Å². The van der Waals surface area contributed by atoms with Crippen LogP contribution < -0.4 is 10.3 Å². The molecule has 1 aliphatic rings. The van der Waals surface area contributed by atoms with Crippen molar-refractivity contribution in [3.8, 4) is 0 Å². The zero-order valence-electron chi connectivity index (χ0n) is 13.9. The number of rotatable bonds is 4. The molecule has 2 aromatic rings. The van der Waals surface area contributed by atoms with Crippen LogP contribution in [0.15, 0.2) is 69.9 Å². The molecule has 3 rings (SSSR count). The molecule has 2 amide bonds. The molecule has 0 fully saturated rings. The van der Waals surface area contributed by atoms with Gasteiger partial charge in [-0.3, -0.25) is 9.59 Å². The van der Waals surface area contributed by atoms with Gasteiger partial charge in [0.1, 0.15) is 0 Å². The van der Waals surface area contributed by atoms with Crippen molar-refractivity contribution in [2.45, 2.75) is 19.9 Å². The maximum Gasteiger partial charge on any atom is 0.280 e. The smallest absolute Gasteiger partial charge is 0.280 e. The lowest BCUT2D eigenvalue weighted by molar-refractivity contribution is -0.118. The first-order valence-electron chi connectivity index (χ1n) is 7.77. The first-order chi connectivity index (χ1) is 12.0. The van der Waals surface area contributed by atoms with E-state index >= 15 is 0 Å². The summed E-state index contributed by atoms with van der Waals surface area (Å²) in [4.78, 5) is 23.6. The SMILES string of the molecule is CC(=O)Nc1ccc(N2N=C(C)[C@@H](N=Nc3ccccc3)C2=O)cc1. The van der Waals surface area contributed by atoms with Gasteiger partial charge in [0, 0.05) is 12.6 Å². The second-order valence-electron chi connectivity index (χ2n) is 5.57. The molecule has 1 aliphatic heterocycles. The van der Waals surface area contributed by atoms with Gasteiger partial charge in [0.2, 0.25) is 5.91 Å². The predicted molar refractivity (Wildman–Crippen MR) is 96.1 cm³/mol. The Bertz CT molecular complexity index is 844. The number of hydrazone groups is 1. The second kappa shape index (κ2) is 7.04. The van der Waals surface area contributed by atoms with E-state index in [1.165, 1.54) is 11.9 Å². The Hall–Kier alpha value is -3.35. The van der Waals surface area contributed by atoms with E-state index in [0.29, 0.717) is 22.8 Å². The molecule has 0 aromatic heterocycles. The van der Waals surface area contributed by atoms with Crippen LogP contribution in [0.2, 0.25) is 0 Å². The zero-order valence-corrected chi connectivity index (χ0v) is 13.9. The average Bonchev–Trinajstić information content (AvgIpc) is 2.88.